The molecule has 1 heterocycles. The third kappa shape index (κ3) is 3.66. The van der Waals surface area contributed by atoms with Crippen LogP contribution in [0.4, 0.5) is 0 Å². The zero-order valence-corrected chi connectivity index (χ0v) is 12.2. The van der Waals surface area contributed by atoms with Crippen molar-refractivity contribution in [3.05, 3.63) is 35.7 Å². The highest BCUT2D eigenvalue weighted by atomic mass is 16.5. The standard InChI is InChI=1S/C15H19N3O3/c1-3-11(8-9-19)17-14(20)12-6-4-5-7-13(12)15-16-10(2)18-21-15/h4-7,11,19H,3,8-9H2,1-2H3,(H,17,20). The number of aryl methyl sites for hydroxylation is 1. The topological polar surface area (TPSA) is 88.2 Å². The molecule has 0 fully saturated rings. The average molecular weight is 289 g/mol. The molecule has 2 N–H and O–H groups in total. The molecule has 0 radical (unpaired) electrons. The van der Waals surface area contributed by atoms with Crippen molar-refractivity contribution in [2.75, 3.05) is 6.61 Å². The van der Waals surface area contributed by atoms with E-state index < -0.39 is 0 Å². The third-order valence-electron chi connectivity index (χ3n) is 3.24. The van der Waals surface area contributed by atoms with E-state index in [1.54, 1.807) is 25.1 Å². The minimum atomic E-state index is -0.207. The molecule has 21 heavy (non-hydrogen) atoms. The number of carbonyl (C=O) groups is 1. The maximum Gasteiger partial charge on any atom is 0.258 e. The predicted octanol–water partition coefficient (Wildman–Crippen LogP) is 1.94. The lowest BCUT2D eigenvalue weighted by molar-refractivity contribution is 0.0929. The van der Waals surface area contributed by atoms with Crippen molar-refractivity contribution in [2.45, 2.75) is 32.7 Å². The van der Waals surface area contributed by atoms with Gasteiger partial charge in [0.05, 0.1) is 11.1 Å². The van der Waals surface area contributed by atoms with Gasteiger partial charge in [0.25, 0.3) is 11.8 Å². The first-order valence-corrected chi connectivity index (χ1v) is 6.97. The van der Waals surface area contributed by atoms with Gasteiger partial charge in [-0.1, -0.05) is 24.2 Å². The number of aliphatic hydroxyl groups is 1. The Balaban J connectivity index is 2.25. The molecule has 6 nitrogen and oxygen atoms in total. The van der Waals surface area contributed by atoms with E-state index in [0.717, 1.165) is 6.42 Å². The molecular weight excluding hydrogens is 270 g/mol. The molecular formula is C15H19N3O3. The van der Waals surface area contributed by atoms with Gasteiger partial charge in [-0.05, 0) is 31.9 Å². The van der Waals surface area contributed by atoms with Gasteiger partial charge in [0.15, 0.2) is 5.82 Å². The Morgan fingerprint density at radius 2 is 2.19 bits per heavy atom. The minimum absolute atomic E-state index is 0.0449. The van der Waals surface area contributed by atoms with Crippen molar-refractivity contribution >= 4 is 5.91 Å². The van der Waals surface area contributed by atoms with Crippen LogP contribution >= 0.6 is 0 Å². The quantitative estimate of drug-likeness (QED) is 0.848. The second kappa shape index (κ2) is 6.99. The van der Waals surface area contributed by atoms with Gasteiger partial charge >= 0.3 is 0 Å². The van der Waals surface area contributed by atoms with Crippen molar-refractivity contribution < 1.29 is 14.4 Å². The summed E-state index contributed by atoms with van der Waals surface area (Å²) in [6.07, 6.45) is 1.29. The number of hydrogen-bond donors (Lipinski definition) is 2. The summed E-state index contributed by atoms with van der Waals surface area (Å²) in [6, 6.07) is 7.04. The maximum absolute atomic E-state index is 12.4. The SMILES string of the molecule is CCC(CCO)NC(=O)c1ccccc1-c1nc(C)no1. The molecule has 112 valence electrons. The van der Waals surface area contributed by atoms with Crippen molar-refractivity contribution in [1.82, 2.24) is 15.5 Å². The van der Waals surface area contributed by atoms with Crippen LogP contribution in [0.2, 0.25) is 0 Å². The van der Waals surface area contributed by atoms with E-state index in [-0.39, 0.29) is 18.6 Å². The van der Waals surface area contributed by atoms with Gasteiger partial charge in [-0.15, -0.1) is 0 Å². The summed E-state index contributed by atoms with van der Waals surface area (Å²) in [5.41, 5.74) is 1.09. The van der Waals surface area contributed by atoms with Crippen LogP contribution in [-0.4, -0.2) is 33.8 Å². The number of nitrogens with zero attached hydrogens (tertiary/aromatic N) is 2. The Hall–Kier alpha value is -2.21. The Kier molecular flexibility index (Phi) is 5.05. The third-order valence-corrected chi connectivity index (χ3v) is 3.24. The first-order chi connectivity index (χ1) is 10.2. The number of aliphatic hydroxyl groups excluding tert-OH is 1. The number of amides is 1. The van der Waals surface area contributed by atoms with Crippen LogP contribution in [0.25, 0.3) is 11.5 Å². The zero-order valence-electron chi connectivity index (χ0n) is 12.2. The Morgan fingerprint density at radius 3 is 2.81 bits per heavy atom. The molecule has 1 aromatic carbocycles. The lowest BCUT2D eigenvalue weighted by atomic mass is 10.1. The van der Waals surface area contributed by atoms with E-state index >= 15 is 0 Å². The molecule has 1 unspecified atom stereocenters. The van der Waals surface area contributed by atoms with Crippen LogP contribution in [-0.2, 0) is 0 Å². The molecule has 1 atom stereocenters. The fourth-order valence-corrected chi connectivity index (χ4v) is 2.07. The number of aromatic nitrogens is 2. The summed E-state index contributed by atoms with van der Waals surface area (Å²) in [5.74, 6) is 0.641. The Bertz CT molecular complexity index is 610. The fraction of sp³-hybridized carbons (Fsp3) is 0.400. The highest BCUT2D eigenvalue weighted by Gasteiger charge is 2.18. The first-order valence-electron chi connectivity index (χ1n) is 6.97. The Labute approximate surface area is 123 Å². The molecule has 0 aliphatic carbocycles. The summed E-state index contributed by atoms with van der Waals surface area (Å²) >= 11 is 0. The van der Waals surface area contributed by atoms with Gasteiger partial charge in [0.1, 0.15) is 0 Å². The van der Waals surface area contributed by atoms with E-state index in [9.17, 15) is 4.79 Å². The number of rotatable bonds is 6. The molecule has 0 aliphatic heterocycles. The molecule has 0 saturated heterocycles. The monoisotopic (exact) mass is 289 g/mol. The van der Waals surface area contributed by atoms with Crippen LogP contribution in [0.1, 0.15) is 35.9 Å². The number of benzene rings is 1. The van der Waals surface area contributed by atoms with Gasteiger partial charge in [0.2, 0.25) is 0 Å². The second-order valence-electron chi connectivity index (χ2n) is 4.78. The number of hydrogen-bond acceptors (Lipinski definition) is 5. The van der Waals surface area contributed by atoms with E-state index in [1.807, 2.05) is 13.0 Å². The van der Waals surface area contributed by atoms with E-state index in [2.05, 4.69) is 15.5 Å². The van der Waals surface area contributed by atoms with Crippen molar-refractivity contribution in [2.24, 2.45) is 0 Å². The van der Waals surface area contributed by atoms with Crippen LogP contribution < -0.4 is 5.32 Å². The molecule has 0 aliphatic rings. The van der Waals surface area contributed by atoms with Crippen LogP contribution in [0.3, 0.4) is 0 Å². The highest BCUT2D eigenvalue weighted by Crippen LogP contribution is 2.22. The van der Waals surface area contributed by atoms with Crippen molar-refractivity contribution in [3.8, 4) is 11.5 Å². The van der Waals surface area contributed by atoms with Crippen molar-refractivity contribution in [3.63, 3.8) is 0 Å². The van der Waals surface area contributed by atoms with E-state index in [4.69, 9.17) is 9.63 Å². The van der Waals surface area contributed by atoms with Crippen LogP contribution in [0, 0.1) is 6.92 Å². The summed E-state index contributed by atoms with van der Waals surface area (Å²) in [5, 5.41) is 15.7. The predicted molar refractivity (Wildman–Crippen MR) is 77.7 cm³/mol. The van der Waals surface area contributed by atoms with Crippen molar-refractivity contribution in [1.29, 1.82) is 0 Å². The van der Waals surface area contributed by atoms with Crippen LogP contribution in [0.15, 0.2) is 28.8 Å². The molecule has 0 spiro atoms. The summed E-state index contributed by atoms with van der Waals surface area (Å²) in [4.78, 5) is 16.6. The molecule has 1 aromatic heterocycles. The fourth-order valence-electron chi connectivity index (χ4n) is 2.07. The summed E-state index contributed by atoms with van der Waals surface area (Å²) in [6.45, 7) is 3.74. The summed E-state index contributed by atoms with van der Waals surface area (Å²) in [7, 11) is 0. The normalized spacial score (nSPS) is 12.1. The molecule has 6 heteroatoms. The second-order valence-corrected chi connectivity index (χ2v) is 4.78. The number of carbonyl (C=O) groups excluding carboxylic acids is 1. The molecule has 0 saturated carbocycles. The zero-order chi connectivity index (χ0) is 15.2. The average Bonchev–Trinajstić information content (AvgIpc) is 2.93. The van der Waals surface area contributed by atoms with Gasteiger partial charge < -0.3 is 14.9 Å². The van der Waals surface area contributed by atoms with Gasteiger partial charge in [-0.2, -0.15) is 4.98 Å². The summed E-state index contributed by atoms with van der Waals surface area (Å²) < 4.78 is 5.14. The minimum Gasteiger partial charge on any atom is -0.396 e. The van der Waals surface area contributed by atoms with E-state index in [0.29, 0.717) is 29.3 Å². The first kappa shape index (κ1) is 15.2. The Morgan fingerprint density at radius 1 is 1.43 bits per heavy atom. The largest absolute Gasteiger partial charge is 0.396 e. The van der Waals surface area contributed by atoms with E-state index in [1.165, 1.54) is 0 Å². The maximum atomic E-state index is 12.4. The highest BCUT2D eigenvalue weighted by molar-refractivity contribution is 6.00. The molecule has 1 amide bonds. The van der Waals surface area contributed by atoms with Gasteiger partial charge in [0, 0.05) is 12.6 Å². The molecule has 2 rings (SSSR count). The lowest BCUT2D eigenvalue weighted by Gasteiger charge is -2.16. The van der Waals surface area contributed by atoms with Crippen LogP contribution in [0.5, 0.6) is 0 Å². The number of nitrogens with one attached hydrogen (secondary N) is 1. The van der Waals surface area contributed by atoms with Gasteiger partial charge in [-0.3, -0.25) is 4.79 Å². The smallest absolute Gasteiger partial charge is 0.258 e. The van der Waals surface area contributed by atoms with Gasteiger partial charge in [-0.25, -0.2) is 0 Å². The molecule has 0 bridgehead atoms. The lowest BCUT2D eigenvalue weighted by Crippen LogP contribution is -2.35. The molecule has 2 aromatic rings.